The van der Waals surface area contributed by atoms with Gasteiger partial charge in [-0.25, -0.2) is 5.10 Å². The lowest BCUT2D eigenvalue weighted by Crippen LogP contribution is -1.96. The summed E-state index contributed by atoms with van der Waals surface area (Å²) in [7, 11) is 0. The van der Waals surface area contributed by atoms with Crippen molar-refractivity contribution in [3.05, 3.63) is 63.1 Å². The maximum absolute atomic E-state index is 6.12. The average molecular weight is 350 g/mol. The summed E-state index contributed by atoms with van der Waals surface area (Å²) in [5.41, 5.74) is 1.41. The monoisotopic (exact) mass is 349 g/mol. The molecule has 1 aromatic carbocycles. The molecule has 0 unspecified atom stereocenters. The standard InChI is InChI=1S/C14H9Cl2N5S/c15-11-4-1-5-12(16)10(11)8-18-21-13(19-20-14(21)22)9-3-2-6-17-7-9/h1-8H,(H,20,22)/b18-8-. The van der Waals surface area contributed by atoms with Gasteiger partial charge in [0.15, 0.2) is 5.82 Å². The molecule has 0 amide bonds. The molecular weight excluding hydrogens is 341 g/mol. The second-order valence-corrected chi connectivity index (χ2v) is 5.49. The third-order valence-corrected chi connectivity index (χ3v) is 3.80. The molecule has 0 spiro atoms. The van der Waals surface area contributed by atoms with Crippen LogP contribution in [0.4, 0.5) is 0 Å². The van der Waals surface area contributed by atoms with Gasteiger partial charge in [0.1, 0.15) is 0 Å². The van der Waals surface area contributed by atoms with Crippen molar-refractivity contribution in [2.45, 2.75) is 0 Å². The number of hydrogen-bond donors (Lipinski definition) is 1. The Bertz CT molecular complexity index is 865. The number of H-pyrrole nitrogens is 1. The van der Waals surface area contributed by atoms with Crippen molar-refractivity contribution in [2.24, 2.45) is 5.10 Å². The Morgan fingerprint density at radius 2 is 1.95 bits per heavy atom. The first-order chi connectivity index (χ1) is 10.7. The van der Waals surface area contributed by atoms with Crippen LogP contribution in [0, 0.1) is 4.77 Å². The van der Waals surface area contributed by atoms with Gasteiger partial charge in [0, 0.05) is 23.5 Å². The Morgan fingerprint density at radius 3 is 2.64 bits per heavy atom. The van der Waals surface area contributed by atoms with Crippen molar-refractivity contribution in [1.82, 2.24) is 19.9 Å². The van der Waals surface area contributed by atoms with Crippen LogP contribution >= 0.6 is 35.4 Å². The maximum Gasteiger partial charge on any atom is 0.216 e. The molecule has 22 heavy (non-hydrogen) atoms. The summed E-state index contributed by atoms with van der Waals surface area (Å²) in [6, 6.07) is 8.93. The first kappa shape index (κ1) is 14.9. The van der Waals surface area contributed by atoms with Crippen LogP contribution in [0.5, 0.6) is 0 Å². The van der Waals surface area contributed by atoms with Crippen molar-refractivity contribution in [1.29, 1.82) is 0 Å². The highest BCUT2D eigenvalue weighted by molar-refractivity contribution is 7.71. The largest absolute Gasteiger partial charge is 0.264 e. The predicted octanol–water partition coefficient (Wildman–Crippen LogP) is 4.19. The fourth-order valence-electron chi connectivity index (χ4n) is 1.83. The van der Waals surface area contributed by atoms with E-state index in [2.05, 4.69) is 20.3 Å². The molecule has 0 bridgehead atoms. The van der Waals surface area contributed by atoms with Crippen LogP contribution in [-0.4, -0.2) is 26.1 Å². The lowest BCUT2D eigenvalue weighted by molar-refractivity contribution is 0.871. The molecule has 110 valence electrons. The van der Waals surface area contributed by atoms with Gasteiger partial charge in [-0.3, -0.25) is 4.98 Å². The summed E-state index contributed by atoms with van der Waals surface area (Å²) in [5.74, 6) is 0.553. The van der Waals surface area contributed by atoms with Crippen molar-refractivity contribution < 1.29 is 0 Å². The molecule has 0 fully saturated rings. The summed E-state index contributed by atoms with van der Waals surface area (Å²) in [4.78, 5) is 4.06. The normalized spacial score (nSPS) is 11.2. The smallest absolute Gasteiger partial charge is 0.216 e. The van der Waals surface area contributed by atoms with Crippen LogP contribution in [0.25, 0.3) is 11.4 Å². The Morgan fingerprint density at radius 1 is 1.18 bits per heavy atom. The first-order valence-electron chi connectivity index (χ1n) is 6.23. The van der Waals surface area contributed by atoms with E-state index in [1.54, 1.807) is 36.8 Å². The molecule has 0 aliphatic rings. The van der Waals surface area contributed by atoms with Crippen LogP contribution in [0.3, 0.4) is 0 Å². The lowest BCUT2D eigenvalue weighted by atomic mass is 10.2. The molecule has 0 radical (unpaired) electrons. The van der Waals surface area contributed by atoms with Crippen LogP contribution in [-0.2, 0) is 0 Å². The number of aromatic amines is 1. The van der Waals surface area contributed by atoms with E-state index in [9.17, 15) is 0 Å². The predicted molar refractivity (Wildman–Crippen MR) is 90.1 cm³/mol. The van der Waals surface area contributed by atoms with Gasteiger partial charge in [-0.2, -0.15) is 14.9 Å². The number of hydrogen-bond acceptors (Lipinski definition) is 4. The highest BCUT2D eigenvalue weighted by Gasteiger charge is 2.08. The van der Waals surface area contributed by atoms with E-state index in [1.165, 1.54) is 4.68 Å². The van der Waals surface area contributed by atoms with Crippen LogP contribution in [0.15, 0.2) is 47.8 Å². The fourth-order valence-corrected chi connectivity index (χ4v) is 2.50. The summed E-state index contributed by atoms with van der Waals surface area (Å²) in [6.45, 7) is 0. The van der Waals surface area contributed by atoms with Crippen molar-refractivity contribution in [2.75, 3.05) is 0 Å². The van der Waals surface area contributed by atoms with E-state index in [-0.39, 0.29) is 0 Å². The van der Waals surface area contributed by atoms with E-state index in [4.69, 9.17) is 35.4 Å². The second kappa shape index (κ2) is 6.39. The molecule has 2 aromatic heterocycles. The number of aromatic nitrogens is 4. The Balaban J connectivity index is 2.05. The van der Waals surface area contributed by atoms with Gasteiger partial charge in [-0.05, 0) is 36.5 Å². The van der Waals surface area contributed by atoms with Gasteiger partial charge in [-0.15, -0.1) is 0 Å². The minimum absolute atomic E-state index is 0.360. The highest BCUT2D eigenvalue weighted by atomic mass is 35.5. The Hall–Kier alpha value is -2.02. The fraction of sp³-hybridized carbons (Fsp3) is 0. The molecule has 8 heteroatoms. The molecule has 0 saturated heterocycles. The third-order valence-electron chi connectivity index (χ3n) is 2.87. The molecule has 1 N–H and O–H groups in total. The zero-order valence-electron chi connectivity index (χ0n) is 11.1. The number of nitrogens with zero attached hydrogens (tertiary/aromatic N) is 4. The van der Waals surface area contributed by atoms with Crippen molar-refractivity contribution in [3.8, 4) is 11.4 Å². The maximum atomic E-state index is 6.12. The molecule has 3 aromatic rings. The molecule has 0 aliphatic heterocycles. The molecular formula is C14H9Cl2N5S. The number of halogens is 2. The molecule has 0 atom stereocenters. The van der Waals surface area contributed by atoms with E-state index < -0.39 is 0 Å². The van der Waals surface area contributed by atoms with Crippen LogP contribution in [0.1, 0.15) is 5.56 Å². The zero-order chi connectivity index (χ0) is 15.5. The van der Waals surface area contributed by atoms with Gasteiger partial charge in [0.25, 0.3) is 0 Å². The number of benzene rings is 1. The zero-order valence-corrected chi connectivity index (χ0v) is 13.4. The molecule has 5 nitrogen and oxygen atoms in total. The minimum atomic E-state index is 0.360. The summed E-state index contributed by atoms with van der Waals surface area (Å²) in [5, 5.41) is 12.2. The topological polar surface area (TPSA) is 58.9 Å². The molecule has 0 saturated carbocycles. The van der Waals surface area contributed by atoms with E-state index >= 15 is 0 Å². The SMILES string of the molecule is S=c1[nH]nc(-c2cccnc2)n1/N=C\c1c(Cl)cccc1Cl. The Labute approximate surface area is 141 Å². The summed E-state index contributed by atoms with van der Waals surface area (Å²) in [6.07, 6.45) is 4.91. The Kier molecular flexibility index (Phi) is 4.33. The van der Waals surface area contributed by atoms with Crippen LogP contribution < -0.4 is 0 Å². The molecule has 0 aliphatic carbocycles. The van der Waals surface area contributed by atoms with Gasteiger partial charge >= 0.3 is 0 Å². The van der Waals surface area contributed by atoms with Gasteiger partial charge < -0.3 is 0 Å². The summed E-state index contributed by atoms with van der Waals surface area (Å²) >= 11 is 17.4. The quantitative estimate of drug-likeness (QED) is 0.569. The molecule has 3 rings (SSSR count). The van der Waals surface area contributed by atoms with Crippen LogP contribution in [0.2, 0.25) is 10.0 Å². The van der Waals surface area contributed by atoms with Crippen molar-refractivity contribution >= 4 is 41.6 Å². The van der Waals surface area contributed by atoms with Gasteiger partial charge in [0.05, 0.1) is 16.3 Å². The second-order valence-electron chi connectivity index (χ2n) is 4.29. The van der Waals surface area contributed by atoms with Crippen molar-refractivity contribution in [3.63, 3.8) is 0 Å². The minimum Gasteiger partial charge on any atom is -0.264 e. The number of pyridine rings is 1. The number of nitrogens with one attached hydrogen (secondary N) is 1. The summed E-state index contributed by atoms with van der Waals surface area (Å²) < 4.78 is 1.85. The average Bonchev–Trinajstić information content (AvgIpc) is 2.89. The third kappa shape index (κ3) is 2.94. The van der Waals surface area contributed by atoms with Gasteiger partial charge in [0.2, 0.25) is 4.77 Å². The first-order valence-corrected chi connectivity index (χ1v) is 7.39. The van der Waals surface area contributed by atoms with E-state index in [0.29, 0.717) is 26.2 Å². The number of rotatable bonds is 3. The van der Waals surface area contributed by atoms with E-state index in [1.807, 2.05) is 12.1 Å². The lowest BCUT2D eigenvalue weighted by Gasteiger charge is -2.02. The molecule has 2 heterocycles. The van der Waals surface area contributed by atoms with Gasteiger partial charge in [-0.1, -0.05) is 29.3 Å². The van der Waals surface area contributed by atoms with E-state index in [0.717, 1.165) is 5.56 Å². The highest BCUT2D eigenvalue weighted by Crippen LogP contribution is 2.22.